The van der Waals surface area contributed by atoms with E-state index in [2.05, 4.69) is 13.8 Å². The van der Waals surface area contributed by atoms with E-state index in [0.29, 0.717) is 11.8 Å². The van der Waals surface area contributed by atoms with Crippen LogP contribution in [0, 0.1) is 17.8 Å². The average molecular weight is 208 g/mol. The van der Waals surface area contributed by atoms with Gasteiger partial charge in [-0.15, -0.1) is 0 Å². The Hall–Kier alpha value is -0.0800. The minimum Gasteiger partial charge on any atom is -0.390 e. The smallest absolute Gasteiger partial charge is 0.103 e. The Bertz CT molecular complexity index is 317. The van der Waals surface area contributed by atoms with Gasteiger partial charge in [-0.3, -0.25) is 0 Å². The van der Waals surface area contributed by atoms with Crippen LogP contribution in [0.1, 0.15) is 46.0 Å². The molecule has 5 atom stereocenters. The maximum atomic E-state index is 10.5. The van der Waals surface area contributed by atoms with Gasteiger partial charge in [0.2, 0.25) is 0 Å². The van der Waals surface area contributed by atoms with E-state index in [1.807, 2.05) is 0 Å². The summed E-state index contributed by atoms with van der Waals surface area (Å²) in [6, 6.07) is 0. The highest BCUT2D eigenvalue weighted by atomic mass is 16.6. The zero-order valence-corrected chi connectivity index (χ0v) is 9.62. The van der Waals surface area contributed by atoms with Gasteiger partial charge in [-0.05, 0) is 63.7 Å². The summed E-state index contributed by atoms with van der Waals surface area (Å²) in [5.41, 5.74) is -0.0636. The van der Waals surface area contributed by atoms with Crippen molar-refractivity contribution in [2.24, 2.45) is 17.8 Å². The Kier molecular flexibility index (Phi) is 1.29. The minimum atomic E-state index is -0.316. The van der Waals surface area contributed by atoms with E-state index in [0.717, 1.165) is 25.2 Å². The van der Waals surface area contributed by atoms with E-state index in [4.69, 9.17) is 4.74 Å². The molecule has 5 rings (SSSR count). The van der Waals surface area contributed by atoms with Gasteiger partial charge in [0.05, 0.1) is 11.2 Å². The molecule has 0 aromatic rings. The van der Waals surface area contributed by atoms with E-state index < -0.39 is 0 Å². The molecule has 0 radical (unpaired) electrons. The Morgan fingerprint density at radius 1 is 1.07 bits per heavy atom. The van der Waals surface area contributed by atoms with Crippen LogP contribution in [0.3, 0.4) is 0 Å². The fourth-order valence-electron chi connectivity index (χ4n) is 5.47. The molecule has 84 valence electrons. The Morgan fingerprint density at radius 2 is 1.60 bits per heavy atom. The third-order valence-corrected chi connectivity index (χ3v) is 5.69. The molecule has 5 fully saturated rings. The first-order valence-corrected chi connectivity index (χ1v) is 6.38. The van der Waals surface area contributed by atoms with Crippen LogP contribution in [0.4, 0.5) is 0 Å². The fourth-order valence-corrected chi connectivity index (χ4v) is 5.47. The highest BCUT2D eigenvalue weighted by molar-refractivity contribution is 5.25. The highest BCUT2D eigenvalue weighted by Crippen LogP contribution is 2.71. The summed E-state index contributed by atoms with van der Waals surface area (Å²) in [5, 5.41) is 10.5. The van der Waals surface area contributed by atoms with E-state index >= 15 is 0 Å². The maximum Gasteiger partial charge on any atom is 0.103 e. The molecule has 1 spiro atoms. The second-order valence-electron chi connectivity index (χ2n) is 6.97. The SMILES string of the molecule is CC1(C)OC12[C@@H]1CC3C[C@H]2CC(O)(C3)C1. The van der Waals surface area contributed by atoms with Gasteiger partial charge in [-0.25, -0.2) is 0 Å². The lowest BCUT2D eigenvalue weighted by Gasteiger charge is -2.58. The molecule has 2 heteroatoms. The molecule has 15 heavy (non-hydrogen) atoms. The van der Waals surface area contributed by atoms with Crippen molar-refractivity contribution >= 4 is 0 Å². The Morgan fingerprint density at radius 3 is 2.00 bits per heavy atom. The predicted molar refractivity (Wildman–Crippen MR) is 56.4 cm³/mol. The predicted octanol–water partition coefficient (Wildman–Crippen LogP) is 2.10. The number of rotatable bonds is 0. The molecular weight excluding hydrogens is 188 g/mol. The van der Waals surface area contributed by atoms with Crippen LogP contribution in [0.25, 0.3) is 0 Å². The first kappa shape index (κ1) is 9.00. The molecule has 0 aromatic heterocycles. The van der Waals surface area contributed by atoms with Crippen LogP contribution in [-0.4, -0.2) is 21.9 Å². The number of hydrogen-bond donors (Lipinski definition) is 1. The van der Waals surface area contributed by atoms with Crippen LogP contribution >= 0.6 is 0 Å². The molecule has 2 nitrogen and oxygen atoms in total. The van der Waals surface area contributed by atoms with E-state index in [1.165, 1.54) is 12.8 Å². The number of aliphatic hydroxyl groups is 1. The zero-order chi connectivity index (χ0) is 10.5. The first-order valence-electron chi connectivity index (χ1n) is 6.38. The van der Waals surface area contributed by atoms with Gasteiger partial charge in [0.25, 0.3) is 0 Å². The molecule has 1 heterocycles. The van der Waals surface area contributed by atoms with E-state index in [-0.39, 0.29) is 16.8 Å². The van der Waals surface area contributed by atoms with Gasteiger partial charge in [0.1, 0.15) is 5.60 Å². The lowest BCUT2D eigenvalue weighted by atomic mass is 9.48. The van der Waals surface area contributed by atoms with Crippen molar-refractivity contribution in [3.05, 3.63) is 0 Å². The Balaban J connectivity index is 1.77. The third-order valence-electron chi connectivity index (χ3n) is 5.69. The van der Waals surface area contributed by atoms with Gasteiger partial charge in [-0.2, -0.15) is 0 Å². The lowest BCUT2D eigenvalue weighted by Crippen LogP contribution is -2.60. The molecule has 4 aliphatic carbocycles. The van der Waals surface area contributed by atoms with E-state index in [9.17, 15) is 5.11 Å². The third kappa shape index (κ3) is 0.861. The Labute approximate surface area is 91.0 Å². The van der Waals surface area contributed by atoms with Crippen molar-refractivity contribution in [3.63, 3.8) is 0 Å². The number of ether oxygens (including phenoxy) is 1. The summed E-state index contributed by atoms with van der Waals surface area (Å²) in [6.07, 6.45) is 5.69. The molecule has 5 aliphatic rings. The van der Waals surface area contributed by atoms with Gasteiger partial charge < -0.3 is 9.84 Å². The molecule has 3 unspecified atom stereocenters. The van der Waals surface area contributed by atoms with Crippen molar-refractivity contribution < 1.29 is 9.84 Å². The van der Waals surface area contributed by atoms with Crippen LogP contribution in [0.15, 0.2) is 0 Å². The fraction of sp³-hybridized carbons (Fsp3) is 1.00. The summed E-state index contributed by atoms with van der Waals surface area (Å²) >= 11 is 0. The molecule has 0 amide bonds. The molecule has 1 N–H and O–H groups in total. The summed E-state index contributed by atoms with van der Waals surface area (Å²) in [5.74, 6) is 2.07. The molecule has 1 aliphatic heterocycles. The molecule has 4 bridgehead atoms. The molecule has 1 saturated heterocycles. The highest BCUT2D eigenvalue weighted by Gasteiger charge is 2.77. The maximum absolute atomic E-state index is 10.5. The summed E-state index contributed by atoms with van der Waals surface area (Å²) < 4.78 is 6.10. The molecule has 0 aromatic carbocycles. The number of epoxide rings is 1. The van der Waals surface area contributed by atoms with Gasteiger partial charge in [-0.1, -0.05) is 0 Å². The lowest BCUT2D eigenvalue weighted by molar-refractivity contribution is -0.159. The van der Waals surface area contributed by atoms with Crippen molar-refractivity contribution in [1.82, 2.24) is 0 Å². The van der Waals surface area contributed by atoms with Crippen molar-refractivity contribution in [2.75, 3.05) is 0 Å². The second kappa shape index (κ2) is 2.14. The summed E-state index contributed by atoms with van der Waals surface area (Å²) in [4.78, 5) is 0. The summed E-state index contributed by atoms with van der Waals surface area (Å²) in [6.45, 7) is 4.47. The van der Waals surface area contributed by atoms with Gasteiger partial charge in [0.15, 0.2) is 0 Å². The largest absolute Gasteiger partial charge is 0.390 e. The molecular formula is C13H20O2. The zero-order valence-electron chi connectivity index (χ0n) is 9.62. The number of hydrogen-bond acceptors (Lipinski definition) is 2. The normalized spacial score (nSPS) is 63.8. The van der Waals surface area contributed by atoms with Crippen molar-refractivity contribution in [3.8, 4) is 0 Å². The topological polar surface area (TPSA) is 32.8 Å². The van der Waals surface area contributed by atoms with E-state index in [1.54, 1.807) is 0 Å². The standard InChI is InChI=1S/C13H20O2/c1-11(2)13(15-11)9-3-8-4-10(13)7-12(14,5-8)6-9/h8-10,14H,3-7H2,1-2H3/t8?,9-,10+,12?,13?. The quantitative estimate of drug-likeness (QED) is 0.618. The summed E-state index contributed by atoms with van der Waals surface area (Å²) in [7, 11) is 0. The van der Waals surface area contributed by atoms with Crippen LogP contribution in [0.2, 0.25) is 0 Å². The minimum absolute atomic E-state index is 0.0893. The average Bonchev–Trinajstić information content (AvgIpc) is 2.64. The monoisotopic (exact) mass is 208 g/mol. The van der Waals surface area contributed by atoms with Crippen LogP contribution in [0.5, 0.6) is 0 Å². The second-order valence-corrected chi connectivity index (χ2v) is 6.97. The van der Waals surface area contributed by atoms with Gasteiger partial charge in [0, 0.05) is 0 Å². The first-order chi connectivity index (χ1) is 6.95. The van der Waals surface area contributed by atoms with Gasteiger partial charge >= 0.3 is 0 Å². The van der Waals surface area contributed by atoms with Crippen LogP contribution < -0.4 is 0 Å². The van der Waals surface area contributed by atoms with Crippen LogP contribution in [-0.2, 0) is 4.74 Å². The van der Waals surface area contributed by atoms with Crippen molar-refractivity contribution in [2.45, 2.75) is 62.8 Å². The van der Waals surface area contributed by atoms with Crippen molar-refractivity contribution in [1.29, 1.82) is 0 Å². The molecule has 4 saturated carbocycles.